The molecule has 0 aromatic heterocycles. The fourth-order valence-electron chi connectivity index (χ4n) is 2.27. The molecular formula is C16H22FNO2. The third kappa shape index (κ3) is 3.18. The first-order chi connectivity index (χ1) is 9.44. The molecule has 0 spiro atoms. The van der Waals surface area contributed by atoms with Crippen LogP contribution < -0.4 is 0 Å². The van der Waals surface area contributed by atoms with Crippen molar-refractivity contribution in [2.24, 2.45) is 5.41 Å². The van der Waals surface area contributed by atoms with Crippen molar-refractivity contribution in [3.63, 3.8) is 0 Å². The van der Waals surface area contributed by atoms with Crippen molar-refractivity contribution in [3.8, 4) is 0 Å². The van der Waals surface area contributed by atoms with Crippen molar-refractivity contribution in [3.05, 3.63) is 35.6 Å². The van der Waals surface area contributed by atoms with Crippen LogP contribution in [0.15, 0.2) is 24.3 Å². The van der Waals surface area contributed by atoms with E-state index < -0.39 is 5.41 Å². The topological polar surface area (TPSA) is 29.5 Å². The van der Waals surface area contributed by atoms with Gasteiger partial charge in [0.15, 0.2) is 0 Å². The highest BCUT2D eigenvalue weighted by Gasteiger charge is 2.34. The average molecular weight is 279 g/mol. The van der Waals surface area contributed by atoms with E-state index >= 15 is 0 Å². The maximum absolute atomic E-state index is 13.3. The Hall–Kier alpha value is -1.42. The Bertz CT molecular complexity index is 487. The largest absolute Gasteiger partial charge is 0.367 e. The van der Waals surface area contributed by atoms with E-state index in [1.807, 2.05) is 26.8 Å². The fraction of sp³-hybridized carbons (Fsp3) is 0.562. The number of carbonyl (C=O) groups excluding carboxylic acids is 1. The van der Waals surface area contributed by atoms with E-state index in [0.29, 0.717) is 6.54 Å². The van der Waals surface area contributed by atoms with Crippen LogP contribution in [0.25, 0.3) is 0 Å². The predicted molar refractivity (Wildman–Crippen MR) is 75.2 cm³/mol. The first-order valence-corrected chi connectivity index (χ1v) is 7.18. The van der Waals surface area contributed by atoms with Crippen LogP contribution in [-0.4, -0.2) is 17.6 Å². The van der Waals surface area contributed by atoms with Crippen LogP contribution in [0.3, 0.4) is 0 Å². The van der Waals surface area contributed by atoms with Gasteiger partial charge in [0.2, 0.25) is 0 Å². The molecule has 1 aromatic carbocycles. The molecule has 1 heterocycles. The Kier molecular flexibility index (Phi) is 4.43. The number of carbonyl (C=O) groups is 1. The first-order valence-electron chi connectivity index (χ1n) is 7.18. The minimum Gasteiger partial charge on any atom is -0.367 e. The first kappa shape index (κ1) is 15.0. The third-order valence-corrected chi connectivity index (χ3v) is 4.07. The van der Waals surface area contributed by atoms with Gasteiger partial charge in [0.05, 0.1) is 11.5 Å². The van der Waals surface area contributed by atoms with E-state index in [-0.39, 0.29) is 17.8 Å². The molecular weight excluding hydrogens is 257 g/mol. The Morgan fingerprint density at radius 2 is 2.25 bits per heavy atom. The number of hydrogen-bond donors (Lipinski definition) is 0. The highest BCUT2D eigenvalue weighted by Crippen LogP contribution is 2.34. The van der Waals surface area contributed by atoms with E-state index in [1.54, 1.807) is 11.1 Å². The van der Waals surface area contributed by atoms with E-state index in [1.165, 1.54) is 12.1 Å². The Morgan fingerprint density at radius 3 is 2.90 bits per heavy atom. The lowest BCUT2D eigenvalue weighted by atomic mass is 9.91. The van der Waals surface area contributed by atoms with Gasteiger partial charge in [-0.2, -0.15) is 0 Å². The van der Waals surface area contributed by atoms with Gasteiger partial charge in [-0.1, -0.05) is 19.1 Å². The highest BCUT2D eigenvalue weighted by molar-refractivity contribution is 5.75. The molecule has 0 N–H and O–H groups in total. The molecule has 0 aliphatic carbocycles. The smallest absolute Gasteiger partial charge is 0.330 e. The number of benzene rings is 1. The molecule has 2 rings (SSSR count). The van der Waals surface area contributed by atoms with Gasteiger partial charge in [-0.15, -0.1) is 5.06 Å². The minimum absolute atomic E-state index is 0.0395. The molecule has 1 unspecified atom stereocenters. The molecule has 1 aromatic rings. The predicted octanol–water partition coefficient (Wildman–Crippen LogP) is 3.86. The van der Waals surface area contributed by atoms with E-state index in [9.17, 15) is 9.18 Å². The van der Waals surface area contributed by atoms with Crippen molar-refractivity contribution in [2.75, 3.05) is 6.54 Å². The van der Waals surface area contributed by atoms with Gasteiger partial charge < -0.3 is 4.84 Å². The Morgan fingerprint density at radius 1 is 1.50 bits per heavy atom. The van der Waals surface area contributed by atoms with Crippen molar-refractivity contribution in [2.45, 2.75) is 46.1 Å². The summed E-state index contributed by atoms with van der Waals surface area (Å²) in [5.41, 5.74) is 0.374. The molecule has 1 saturated heterocycles. The molecule has 3 nitrogen and oxygen atoms in total. The standard InChI is InChI=1S/C16H22FNO2/c1-4-16(2,3)15(19)20-18-10-6-9-14(18)12-7-5-8-13(17)11-12/h5,7-8,11,14H,4,6,9-10H2,1-3H3. The molecule has 0 radical (unpaired) electrons. The van der Waals surface area contributed by atoms with Gasteiger partial charge in [-0.3, -0.25) is 0 Å². The number of hydroxylamine groups is 2. The fourth-order valence-corrected chi connectivity index (χ4v) is 2.27. The summed E-state index contributed by atoms with van der Waals surface area (Å²) in [7, 11) is 0. The van der Waals surface area contributed by atoms with Crippen LogP contribution in [0.2, 0.25) is 0 Å². The molecule has 0 saturated carbocycles. The summed E-state index contributed by atoms with van der Waals surface area (Å²) in [6.45, 7) is 6.42. The second kappa shape index (κ2) is 5.92. The summed E-state index contributed by atoms with van der Waals surface area (Å²) in [4.78, 5) is 17.7. The van der Waals surface area contributed by atoms with Gasteiger partial charge in [-0.05, 0) is 50.8 Å². The van der Waals surface area contributed by atoms with Crippen LogP contribution in [0.4, 0.5) is 4.39 Å². The molecule has 0 bridgehead atoms. The summed E-state index contributed by atoms with van der Waals surface area (Å²) >= 11 is 0. The average Bonchev–Trinajstić information content (AvgIpc) is 2.86. The monoisotopic (exact) mass is 279 g/mol. The second-order valence-electron chi connectivity index (χ2n) is 5.97. The number of hydrogen-bond acceptors (Lipinski definition) is 3. The third-order valence-electron chi connectivity index (χ3n) is 4.07. The lowest BCUT2D eigenvalue weighted by Crippen LogP contribution is -2.34. The van der Waals surface area contributed by atoms with Gasteiger partial charge in [0.25, 0.3) is 0 Å². The summed E-state index contributed by atoms with van der Waals surface area (Å²) in [5.74, 6) is -0.474. The Balaban J connectivity index is 2.10. The molecule has 1 fully saturated rings. The number of nitrogens with zero attached hydrogens (tertiary/aromatic N) is 1. The van der Waals surface area contributed by atoms with Crippen molar-refractivity contribution < 1.29 is 14.0 Å². The van der Waals surface area contributed by atoms with Gasteiger partial charge >= 0.3 is 5.97 Å². The van der Waals surface area contributed by atoms with Gasteiger partial charge in [0, 0.05) is 6.54 Å². The maximum Gasteiger partial charge on any atom is 0.330 e. The zero-order chi connectivity index (χ0) is 14.8. The Labute approximate surface area is 119 Å². The lowest BCUT2D eigenvalue weighted by molar-refractivity contribution is -0.206. The van der Waals surface area contributed by atoms with Crippen LogP contribution in [0.1, 0.15) is 51.6 Å². The molecule has 1 atom stereocenters. The van der Waals surface area contributed by atoms with Crippen LogP contribution in [0.5, 0.6) is 0 Å². The summed E-state index contributed by atoms with van der Waals surface area (Å²) < 4.78 is 13.3. The summed E-state index contributed by atoms with van der Waals surface area (Å²) in [5, 5.41) is 1.70. The highest BCUT2D eigenvalue weighted by atomic mass is 19.1. The minimum atomic E-state index is -0.491. The molecule has 4 heteroatoms. The molecule has 110 valence electrons. The van der Waals surface area contributed by atoms with E-state index in [4.69, 9.17) is 4.84 Å². The van der Waals surface area contributed by atoms with Crippen molar-refractivity contribution in [1.82, 2.24) is 5.06 Å². The number of rotatable bonds is 4. The SMILES string of the molecule is CCC(C)(C)C(=O)ON1CCCC1c1cccc(F)c1. The second-order valence-corrected chi connectivity index (χ2v) is 5.97. The molecule has 1 aliphatic rings. The van der Waals surface area contributed by atoms with Crippen LogP contribution in [-0.2, 0) is 9.63 Å². The maximum atomic E-state index is 13.3. The zero-order valence-corrected chi connectivity index (χ0v) is 12.4. The molecule has 1 aliphatic heterocycles. The molecule has 20 heavy (non-hydrogen) atoms. The van der Waals surface area contributed by atoms with Crippen LogP contribution >= 0.6 is 0 Å². The molecule has 0 amide bonds. The van der Waals surface area contributed by atoms with Gasteiger partial charge in [0.1, 0.15) is 5.82 Å². The quantitative estimate of drug-likeness (QED) is 0.838. The summed E-state index contributed by atoms with van der Waals surface area (Å²) in [6, 6.07) is 6.47. The van der Waals surface area contributed by atoms with Crippen molar-refractivity contribution in [1.29, 1.82) is 0 Å². The van der Waals surface area contributed by atoms with Crippen LogP contribution in [0, 0.1) is 11.2 Å². The zero-order valence-electron chi connectivity index (χ0n) is 12.4. The normalized spacial score (nSPS) is 20.1. The van der Waals surface area contributed by atoms with Gasteiger partial charge in [-0.25, -0.2) is 9.18 Å². The van der Waals surface area contributed by atoms with E-state index in [0.717, 1.165) is 24.8 Å². The number of halogens is 1. The lowest BCUT2D eigenvalue weighted by Gasteiger charge is -2.28. The van der Waals surface area contributed by atoms with E-state index in [2.05, 4.69) is 0 Å². The van der Waals surface area contributed by atoms with Crippen molar-refractivity contribution >= 4 is 5.97 Å². The summed E-state index contributed by atoms with van der Waals surface area (Å²) in [6.07, 6.45) is 2.55.